The second kappa shape index (κ2) is 9.62. The number of primary amides is 1. The molecule has 1 saturated heterocycles. The van der Waals surface area contributed by atoms with E-state index in [1.807, 2.05) is 55.4 Å². The first-order chi connectivity index (χ1) is 15.8. The van der Waals surface area contributed by atoms with Crippen molar-refractivity contribution in [2.45, 2.75) is 25.2 Å². The Morgan fingerprint density at radius 1 is 1.15 bits per heavy atom. The Morgan fingerprint density at radius 2 is 1.85 bits per heavy atom. The van der Waals surface area contributed by atoms with E-state index in [1.165, 1.54) is 0 Å². The summed E-state index contributed by atoms with van der Waals surface area (Å²) in [7, 11) is 0.633. The number of rotatable bonds is 8. The molecule has 1 aliphatic rings. The number of piperidine rings is 1. The molecule has 0 aliphatic carbocycles. The summed E-state index contributed by atoms with van der Waals surface area (Å²) in [5.74, 6) is -0.213. The standard InChI is InChI=1S/C24H31N5O3S/c1-28(2)11-6-14-33(31,32)29-12-9-18(10-13-29)22-20-15-19(17-7-4-3-5-8-17)16-21(24(25)30)23(20)27-26-22/h3-5,7-8,15-16,18H,6,9-14H2,1-2H3,(H2,25,30)(H,26,27). The largest absolute Gasteiger partial charge is 0.366 e. The van der Waals surface area contributed by atoms with Crippen LogP contribution in [0.15, 0.2) is 42.5 Å². The van der Waals surface area contributed by atoms with Crippen molar-refractivity contribution in [1.29, 1.82) is 0 Å². The summed E-state index contributed by atoms with van der Waals surface area (Å²) in [4.78, 5) is 14.2. The average Bonchev–Trinajstić information content (AvgIpc) is 3.22. The van der Waals surface area contributed by atoms with Gasteiger partial charge in [-0.3, -0.25) is 9.89 Å². The molecule has 1 aliphatic heterocycles. The fourth-order valence-electron chi connectivity index (χ4n) is 4.55. The number of H-pyrrole nitrogens is 1. The van der Waals surface area contributed by atoms with Gasteiger partial charge in [0.2, 0.25) is 10.0 Å². The Bertz CT molecular complexity index is 1230. The minimum absolute atomic E-state index is 0.134. The molecule has 1 amide bonds. The number of hydrogen-bond acceptors (Lipinski definition) is 5. The van der Waals surface area contributed by atoms with E-state index in [0.717, 1.165) is 28.8 Å². The fourth-order valence-corrected chi connectivity index (χ4v) is 6.07. The number of nitrogens with two attached hydrogens (primary N) is 1. The van der Waals surface area contributed by atoms with E-state index in [1.54, 1.807) is 10.4 Å². The number of nitrogens with one attached hydrogen (secondary N) is 1. The number of carbonyl (C=O) groups excluding carboxylic acids is 1. The van der Waals surface area contributed by atoms with Gasteiger partial charge in [0.1, 0.15) is 5.52 Å². The highest BCUT2D eigenvalue weighted by molar-refractivity contribution is 7.89. The first kappa shape index (κ1) is 23.4. The minimum atomic E-state index is -3.25. The van der Waals surface area contributed by atoms with E-state index >= 15 is 0 Å². The van der Waals surface area contributed by atoms with Gasteiger partial charge in [0.15, 0.2) is 0 Å². The minimum Gasteiger partial charge on any atom is -0.366 e. The maximum atomic E-state index is 12.7. The third-order valence-electron chi connectivity index (χ3n) is 6.32. The van der Waals surface area contributed by atoms with Crippen LogP contribution in [-0.2, 0) is 10.0 Å². The molecule has 2 heterocycles. The predicted octanol–water partition coefficient (Wildman–Crippen LogP) is 2.79. The molecule has 9 heteroatoms. The van der Waals surface area contributed by atoms with E-state index in [9.17, 15) is 13.2 Å². The highest BCUT2D eigenvalue weighted by Gasteiger charge is 2.30. The van der Waals surface area contributed by atoms with Gasteiger partial charge in [-0.25, -0.2) is 12.7 Å². The van der Waals surface area contributed by atoms with E-state index in [0.29, 0.717) is 43.4 Å². The van der Waals surface area contributed by atoms with E-state index in [2.05, 4.69) is 10.2 Å². The summed E-state index contributed by atoms with van der Waals surface area (Å²) in [5.41, 5.74) is 9.46. The van der Waals surface area contributed by atoms with Crippen LogP contribution >= 0.6 is 0 Å². The molecule has 2 aromatic carbocycles. The van der Waals surface area contributed by atoms with Gasteiger partial charge < -0.3 is 10.6 Å². The van der Waals surface area contributed by atoms with Gasteiger partial charge in [-0.05, 0) is 63.2 Å². The SMILES string of the molecule is CN(C)CCCS(=O)(=O)N1CCC(c2[nH]nc3c(C(N)=O)cc(-c4ccccc4)cc23)CC1. The first-order valence-electron chi connectivity index (χ1n) is 11.3. The second-order valence-corrected chi connectivity index (χ2v) is 11.0. The Kier molecular flexibility index (Phi) is 6.83. The summed E-state index contributed by atoms with van der Waals surface area (Å²) in [6.07, 6.45) is 2.02. The van der Waals surface area contributed by atoms with Crippen molar-refractivity contribution in [2.75, 3.05) is 39.5 Å². The van der Waals surface area contributed by atoms with Crippen LogP contribution in [0.25, 0.3) is 22.0 Å². The highest BCUT2D eigenvalue weighted by atomic mass is 32.2. The quantitative estimate of drug-likeness (QED) is 0.527. The number of amides is 1. The van der Waals surface area contributed by atoms with Crippen LogP contribution in [-0.4, -0.2) is 73.2 Å². The molecule has 176 valence electrons. The molecule has 1 aromatic heterocycles. The van der Waals surface area contributed by atoms with Crippen molar-refractivity contribution in [1.82, 2.24) is 19.4 Å². The molecule has 0 atom stereocenters. The summed E-state index contributed by atoms with van der Waals surface area (Å²) in [6.45, 7) is 1.72. The number of benzene rings is 2. The molecule has 4 rings (SSSR count). The van der Waals surface area contributed by atoms with Gasteiger partial charge in [0.05, 0.1) is 11.3 Å². The van der Waals surface area contributed by atoms with Crippen molar-refractivity contribution in [3.05, 3.63) is 53.7 Å². The molecule has 0 radical (unpaired) electrons. The van der Waals surface area contributed by atoms with Gasteiger partial charge in [0, 0.05) is 30.1 Å². The lowest BCUT2D eigenvalue weighted by atomic mass is 9.90. The fraction of sp³-hybridized carbons (Fsp3) is 0.417. The van der Waals surface area contributed by atoms with Crippen molar-refractivity contribution in [2.24, 2.45) is 5.73 Å². The number of aromatic nitrogens is 2. The Balaban J connectivity index is 1.57. The third kappa shape index (κ3) is 5.10. The lowest BCUT2D eigenvalue weighted by Crippen LogP contribution is -2.39. The van der Waals surface area contributed by atoms with Gasteiger partial charge in [0.25, 0.3) is 5.91 Å². The Labute approximate surface area is 194 Å². The molecule has 0 spiro atoms. The maximum absolute atomic E-state index is 12.7. The van der Waals surface area contributed by atoms with Crippen molar-refractivity contribution < 1.29 is 13.2 Å². The normalized spacial score (nSPS) is 16.0. The monoisotopic (exact) mass is 469 g/mol. The molecule has 0 unspecified atom stereocenters. The molecule has 1 fully saturated rings. The summed E-state index contributed by atoms with van der Waals surface area (Å²) < 4.78 is 27.1. The summed E-state index contributed by atoms with van der Waals surface area (Å²) in [6, 6.07) is 13.7. The molecule has 33 heavy (non-hydrogen) atoms. The van der Waals surface area contributed by atoms with Crippen LogP contribution in [0.1, 0.15) is 41.2 Å². The maximum Gasteiger partial charge on any atom is 0.251 e. The smallest absolute Gasteiger partial charge is 0.251 e. The molecular weight excluding hydrogens is 438 g/mol. The van der Waals surface area contributed by atoms with E-state index < -0.39 is 15.9 Å². The van der Waals surface area contributed by atoms with E-state index in [4.69, 9.17) is 5.73 Å². The molecular formula is C24H31N5O3S. The summed E-state index contributed by atoms with van der Waals surface area (Å²) in [5, 5.41) is 8.41. The number of aromatic amines is 1. The van der Waals surface area contributed by atoms with Gasteiger partial charge >= 0.3 is 0 Å². The van der Waals surface area contributed by atoms with Crippen molar-refractivity contribution in [3.8, 4) is 11.1 Å². The van der Waals surface area contributed by atoms with Gasteiger partial charge in [-0.1, -0.05) is 30.3 Å². The van der Waals surface area contributed by atoms with Crippen LogP contribution < -0.4 is 5.73 Å². The highest BCUT2D eigenvalue weighted by Crippen LogP contribution is 2.35. The molecule has 3 N–H and O–H groups in total. The summed E-state index contributed by atoms with van der Waals surface area (Å²) >= 11 is 0. The van der Waals surface area contributed by atoms with Crippen molar-refractivity contribution in [3.63, 3.8) is 0 Å². The number of carbonyl (C=O) groups is 1. The number of nitrogens with zero attached hydrogens (tertiary/aromatic N) is 3. The van der Waals surface area contributed by atoms with Gasteiger partial charge in [-0.15, -0.1) is 0 Å². The number of hydrogen-bond donors (Lipinski definition) is 2. The first-order valence-corrected chi connectivity index (χ1v) is 12.9. The Morgan fingerprint density at radius 3 is 2.48 bits per heavy atom. The zero-order chi connectivity index (χ0) is 23.6. The number of sulfonamides is 1. The molecule has 3 aromatic rings. The molecule has 0 bridgehead atoms. The Hall–Kier alpha value is -2.75. The van der Waals surface area contributed by atoms with Crippen LogP contribution in [0.2, 0.25) is 0 Å². The van der Waals surface area contributed by atoms with Crippen LogP contribution in [0, 0.1) is 0 Å². The van der Waals surface area contributed by atoms with Gasteiger partial charge in [-0.2, -0.15) is 5.10 Å². The van der Waals surface area contributed by atoms with Crippen LogP contribution in [0.3, 0.4) is 0 Å². The number of fused-ring (bicyclic) bond motifs is 1. The predicted molar refractivity (Wildman–Crippen MR) is 131 cm³/mol. The van der Waals surface area contributed by atoms with Crippen LogP contribution in [0.5, 0.6) is 0 Å². The third-order valence-corrected chi connectivity index (χ3v) is 8.28. The zero-order valence-corrected chi connectivity index (χ0v) is 19.9. The lowest BCUT2D eigenvalue weighted by molar-refractivity contribution is 0.100. The average molecular weight is 470 g/mol. The lowest BCUT2D eigenvalue weighted by Gasteiger charge is -2.31. The zero-order valence-electron chi connectivity index (χ0n) is 19.1. The van der Waals surface area contributed by atoms with Crippen LogP contribution in [0.4, 0.5) is 0 Å². The van der Waals surface area contributed by atoms with E-state index in [-0.39, 0.29) is 11.7 Å². The second-order valence-electron chi connectivity index (χ2n) is 8.93. The molecule has 8 nitrogen and oxygen atoms in total. The molecule has 0 saturated carbocycles. The topological polar surface area (TPSA) is 112 Å². The van der Waals surface area contributed by atoms with Crippen molar-refractivity contribution >= 4 is 26.8 Å².